The van der Waals surface area contributed by atoms with E-state index in [1.807, 2.05) is 26.8 Å². The van der Waals surface area contributed by atoms with Crippen molar-refractivity contribution in [2.24, 2.45) is 5.41 Å². The molecule has 2 N–H and O–H groups in total. The van der Waals surface area contributed by atoms with Crippen molar-refractivity contribution in [3.8, 4) is 17.3 Å². The number of carbonyl (C=O) groups is 1. The van der Waals surface area contributed by atoms with E-state index in [0.717, 1.165) is 5.56 Å². The van der Waals surface area contributed by atoms with E-state index in [1.165, 1.54) is 0 Å². The average Bonchev–Trinajstić information content (AvgIpc) is 3.09. The second-order valence-corrected chi connectivity index (χ2v) is 7.16. The van der Waals surface area contributed by atoms with E-state index in [-0.39, 0.29) is 5.56 Å². The summed E-state index contributed by atoms with van der Waals surface area (Å²) in [5.74, 6) is -0.611. The summed E-state index contributed by atoms with van der Waals surface area (Å²) in [6, 6.07) is 8.87. The van der Waals surface area contributed by atoms with E-state index in [1.54, 1.807) is 41.5 Å². The fourth-order valence-corrected chi connectivity index (χ4v) is 2.68. The van der Waals surface area contributed by atoms with Gasteiger partial charge < -0.3 is 10.4 Å². The van der Waals surface area contributed by atoms with Gasteiger partial charge >= 0.3 is 5.97 Å². The first-order valence-corrected chi connectivity index (χ1v) is 8.65. The van der Waals surface area contributed by atoms with Crippen LogP contribution in [0.3, 0.4) is 0 Å². The Hall–Kier alpha value is -3.73. The normalized spacial score (nSPS) is 11.1. The van der Waals surface area contributed by atoms with E-state index in [4.69, 9.17) is 5.26 Å². The number of hydrogen-bond donors (Lipinski definition) is 2. The number of aryl methyl sites for hydroxylation is 1. The smallest absolute Gasteiger partial charge is 0.335 e. The van der Waals surface area contributed by atoms with Crippen LogP contribution in [-0.4, -0.2) is 30.8 Å². The third-order valence-electron chi connectivity index (χ3n) is 4.10. The summed E-state index contributed by atoms with van der Waals surface area (Å²) in [6.45, 7) is 6.03. The zero-order chi connectivity index (χ0) is 20.3. The van der Waals surface area contributed by atoms with E-state index < -0.39 is 11.4 Å². The minimum absolute atomic E-state index is 0.200. The lowest BCUT2D eigenvalue weighted by Crippen LogP contribution is -2.17. The Morgan fingerprint density at radius 2 is 2.14 bits per heavy atom. The number of hydrogen-bond acceptors (Lipinski definition) is 6. The number of nitrogens with one attached hydrogen (secondary N) is 1. The fraction of sp³-hybridized carbons (Fsp3) is 0.250. The molecule has 0 unspecified atom stereocenters. The van der Waals surface area contributed by atoms with Crippen molar-refractivity contribution in [1.82, 2.24) is 19.7 Å². The van der Waals surface area contributed by atoms with Crippen LogP contribution in [0.25, 0.3) is 11.3 Å². The van der Waals surface area contributed by atoms with Gasteiger partial charge in [0.15, 0.2) is 0 Å². The van der Waals surface area contributed by atoms with Gasteiger partial charge in [-0.05, 0) is 38.5 Å². The van der Waals surface area contributed by atoms with Crippen LogP contribution in [-0.2, 0) is 6.54 Å². The van der Waals surface area contributed by atoms with Gasteiger partial charge in [0.2, 0.25) is 5.95 Å². The fourth-order valence-electron chi connectivity index (χ4n) is 2.68. The zero-order valence-corrected chi connectivity index (χ0v) is 15.8. The quantitative estimate of drug-likeness (QED) is 0.674. The molecule has 2 heterocycles. The summed E-state index contributed by atoms with van der Waals surface area (Å²) >= 11 is 0. The van der Waals surface area contributed by atoms with Crippen molar-refractivity contribution in [2.75, 3.05) is 5.32 Å². The lowest BCUT2D eigenvalue weighted by molar-refractivity contribution is 0.0697. The van der Waals surface area contributed by atoms with Gasteiger partial charge in [-0.15, -0.1) is 0 Å². The summed E-state index contributed by atoms with van der Waals surface area (Å²) in [6.07, 6.45) is 5.11. The van der Waals surface area contributed by atoms with Gasteiger partial charge in [-0.3, -0.25) is 4.68 Å². The standard InChI is InChI=1S/C20H20N6O2/c1-13-8-22-19(24-16-9-23-26(10-16)12-20(2,3)11-21)25-17(13)14-5-4-6-15(7-14)18(27)28/h4-10H,12H2,1-3H3,(H,27,28)(H,22,24,25). The summed E-state index contributed by atoms with van der Waals surface area (Å²) in [7, 11) is 0. The molecule has 8 heteroatoms. The molecule has 0 fully saturated rings. The van der Waals surface area contributed by atoms with Crippen LogP contribution in [0.5, 0.6) is 0 Å². The van der Waals surface area contributed by atoms with E-state index in [0.29, 0.717) is 29.4 Å². The lowest BCUT2D eigenvalue weighted by Gasteiger charge is -2.14. The number of nitrogens with zero attached hydrogens (tertiary/aromatic N) is 5. The Balaban J connectivity index is 1.85. The monoisotopic (exact) mass is 376 g/mol. The Morgan fingerprint density at radius 1 is 1.36 bits per heavy atom. The molecule has 0 atom stereocenters. The van der Waals surface area contributed by atoms with Crippen LogP contribution in [0, 0.1) is 23.7 Å². The van der Waals surface area contributed by atoms with Crippen LogP contribution in [0.2, 0.25) is 0 Å². The van der Waals surface area contributed by atoms with Crippen LogP contribution in [0.1, 0.15) is 29.8 Å². The topological polar surface area (TPSA) is 117 Å². The minimum Gasteiger partial charge on any atom is -0.478 e. The molecular weight excluding hydrogens is 356 g/mol. The number of anilines is 2. The van der Waals surface area contributed by atoms with Crippen LogP contribution < -0.4 is 5.32 Å². The van der Waals surface area contributed by atoms with Gasteiger partial charge in [0.05, 0.1) is 41.2 Å². The van der Waals surface area contributed by atoms with Gasteiger partial charge in [0.1, 0.15) is 0 Å². The number of carboxylic acids is 1. The molecule has 2 aromatic heterocycles. The van der Waals surface area contributed by atoms with Crippen molar-refractivity contribution >= 4 is 17.6 Å². The Labute approximate surface area is 162 Å². The molecule has 0 radical (unpaired) electrons. The maximum Gasteiger partial charge on any atom is 0.335 e. The highest BCUT2D eigenvalue weighted by molar-refractivity contribution is 5.89. The van der Waals surface area contributed by atoms with E-state index in [9.17, 15) is 9.90 Å². The predicted molar refractivity (Wildman–Crippen MR) is 104 cm³/mol. The van der Waals surface area contributed by atoms with Crippen molar-refractivity contribution in [2.45, 2.75) is 27.3 Å². The molecule has 1 aromatic carbocycles. The molecule has 0 aliphatic rings. The maximum absolute atomic E-state index is 11.2. The summed E-state index contributed by atoms with van der Waals surface area (Å²) in [5, 5.41) is 25.7. The molecule has 8 nitrogen and oxygen atoms in total. The Kier molecular flexibility index (Phi) is 5.09. The molecular formula is C20H20N6O2. The summed E-state index contributed by atoms with van der Waals surface area (Å²) in [5.41, 5.74) is 2.56. The van der Waals surface area contributed by atoms with Crippen LogP contribution in [0.15, 0.2) is 42.9 Å². The van der Waals surface area contributed by atoms with Gasteiger partial charge in [-0.25, -0.2) is 14.8 Å². The SMILES string of the molecule is Cc1cnc(Nc2cnn(CC(C)(C)C#N)c2)nc1-c1cccc(C(=O)O)c1. The molecule has 28 heavy (non-hydrogen) atoms. The molecule has 0 saturated carbocycles. The van der Waals surface area contributed by atoms with Crippen molar-refractivity contribution in [3.63, 3.8) is 0 Å². The minimum atomic E-state index is -0.986. The van der Waals surface area contributed by atoms with Gasteiger partial charge in [-0.1, -0.05) is 12.1 Å². The maximum atomic E-state index is 11.2. The molecule has 0 aliphatic carbocycles. The number of carboxylic acid groups (broad SMARTS) is 1. The lowest BCUT2D eigenvalue weighted by atomic mass is 9.96. The molecule has 0 saturated heterocycles. The second-order valence-electron chi connectivity index (χ2n) is 7.16. The summed E-state index contributed by atoms with van der Waals surface area (Å²) in [4.78, 5) is 20.0. The highest BCUT2D eigenvalue weighted by Crippen LogP contribution is 2.24. The van der Waals surface area contributed by atoms with Gasteiger partial charge in [0, 0.05) is 18.0 Å². The van der Waals surface area contributed by atoms with Crippen LogP contribution >= 0.6 is 0 Å². The first-order chi connectivity index (χ1) is 13.3. The van der Waals surface area contributed by atoms with Gasteiger partial charge in [0.25, 0.3) is 0 Å². The number of rotatable bonds is 6. The molecule has 142 valence electrons. The second kappa shape index (κ2) is 7.48. The third-order valence-corrected chi connectivity index (χ3v) is 4.10. The largest absolute Gasteiger partial charge is 0.478 e. The van der Waals surface area contributed by atoms with Crippen molar-refractivity contribution < 1.29 is 9.90 Å². The third kappa shape index (κ3) is 4.32. The first-order valence-electron chi connectivity index (χ1n) is 8.65. The summed E-state index contributed by atoms with van der Waals surface area (Å²) < 4.78 is 1.69. The highest BCUT2D eigenvalue weighted by Gasteiger charge is 2.18. The number of aromatic nitrogens is 4. The van der Waals surface area contributed by atoms with Crippen molar-refractivity contribution in [3.05, 3.63) is 54.0 Å². The molecule has 0 spiro atoms. The molecule has 0 amide bonds. The Bertz CT molecular complexity index is 1060. The number of aromatic carboxylic acids is 1. The highest BCUT2D eigenvalue weighted by atomic mass is 16.4. The van der Waals surface area contributed by atoms with E-state index >= 15 is 0 Å². The average molecular weight is 376 g/mol. The van der Waals surface area contributed by atoms with Gasteiger partial charge in [-0.2, -0.15) is 10.4 Å². The Morgan fingerprint density at radius 3 is 2.86 bits per heavy atom. The molecule has 3 rings (SSSR count). The van der Waals surface area contributed by atoms with Crippen LogP contribution in [0.4, 0.5) is 11.6 Å². The van der Waals surface area contributed by atoms with E-state index in [2.05, 4.69) is 26.5 Å². The van der Waals surface area contributed by atoms with Crippen molar-refractivity contribution in [1.29, 1.82) is 5.26 Å². The molecule has 0 bridgehead atoms. The molecule has 0 aliphatic heterocycles. The predicted octanol–water partition coefficient (Wildman–Crippen LogP) is 3.64. The first kappa shape index (κ1) is 19.0. The number of benzene rings is 1. The number of nitriles is 1. The zero-order valence-electron chi connectivity index (χ0n) is 15.8. The molecule has 3 aromatic rings.